The molecule has 0 fully saturated rings. The number of hydrogen-bond donors (Lipinski definition) is 4. The van der Waals surface area contributed by atoms with Gasteiger partial charge >= 0.3 is 21.7 Å². The molecule has 23 heavy (non-hydrogen) atoms. The predicted octanol–water partition coefficient (Wildman–Crippen LogP) is 0.503. The Morgan fingerprint density at radius 3 is 0.913 bits per heavy atom. The Morgan fingerprint density at radius 2 is 0.913 bits per heavy atom. The second kappa shape index (κ2) is 28.8. The number of hydrogen-bond acceptors (Lipinski definition) is 6. The first-order valence-corrected chi connectivity index (χ1v) is 6.47. The van der Waals surface area contributed by atoms with Crippen LogP contribution >= 0.6 is 0 Å². The molecule has 0 saturated carbocycles. The number of aliphatic carboxylic acids is 2. The molecule has 0 saturated heterocycles. The van der Waals surface area contributed by atoms with Gasteiger partial charge in [-0.05, 0) is 26.7 Å². The summed E-state index contributed by atoms with van der Waals surface area (Å²) in [6, 6.07) is 0. The Kier molecular flexibility index (Phi) is 41.7. The molecule has 4 N–H and O–H groups in total. The van der Waals surface area contributed by atoms with Crippen LogP contribution in [0.25, 0.3) is 0 Å². The standard InChI is InChI=1S/2C4H5O3.2C3H8O.Ti/c2*1-3(5)2-4(6)7;2*1-2-3-4;/h2*2H,1H3,(H,6,7);2*4H,2-3H2,1H3;/q2*-1;;;+2. The van der Waals surface area contributed by atoms with E-state index in [4.69, 9.17) is 20.4 Å². The van der Waals surface area contributed by atoms with E-state index in [1.165, 1.54) is 13.8 Å². The van der Waals surface area contributed by atoms with Crippen molar-refractivity contribution in [1.29, 1.82) is 0 Å². The SMILES string of the molecule is CC(=O)[CH-]C(=O)O.CC(=O)[CH-]C(=O)O.CCCO.CCCO.[Ti+2]. The van der Waals surface area contributed by atoms with E-state index >= 15 is 0 Å². The van der Waals surface area contributed by atoms with E-state index in [1.54, 1.807) is 0 Å². The van der Waals surface area contributed by atoms with E-state index in [2.05, 4.69) is 0 Å². The number of aliphatic hydroxyl groups is 2. The molecule has 0 atom stereocenters. The third kappa shape index (κ3) is 96.0. The van der Waals surface area contributed by atoms with Crippen molar-refractivity contribution in [3.8, 4) is 0 Å². The number of aliphatic hydroxyl groups excluding tert-OH is 2. The Morgan fingerprint density at radius 1 is 0.739 bits per heavy atom. The molecule has 9 heteroatoms. The summed E-state index contributed by atoms with van der Waals surface area (Å²) >= 11 is 0. The normalized spacial score (nSPS) is 7.22. The van der Waals surface area contributed by atoms with Crippen molar-refractivity contribution in [2.24, 2.45) is 0 Å². The fourth-order valence-corrected chi connectivity index (χ4v) is 0.348. The van der Waals surface area contributed by atoms with Gasteiger partial charge in [-0.25, -0.2) is 12.8 Å². The van der Waals surface area contributed by atoms with Crippen LogP contribution in [-0.2, 0) is 40.9 Å². The second-order valence-corrected chi connectivity index (χ2v) is 3.63. The minimum absolute atomic E-state index is 0. The molecular formula is C14H26O8Ti. The number of carboxylic acid groups (broad SMARTS) is 2. The zero-order valence-electron chi connectivity index (χ0n) is 13.9. The summed E-state index contributed by atoms with van der Waals surface area (Å²) in [6.45, 7) is 6.88. The van der Waals surface area contributed by atoms with Gasteiger partial charge in [0.05, 0.1) is 0 Å². The molecule has 0 radical (unpaired) electrons. The van der Waals surface area contributed by atoms with Crippen LogP contribution in [-0.4, -0.2) is 57.1 Å². The summed E-state index contributed by atoms with van der Waals surface area (Å²) < 4.78 is 0. The molecule has 0 aromatic carbocycles. The molecule has 0 unspecified atom stereocenters. The van der Waals surface area contributed by atoms with Crippen LogP contribution in [0.1, 0.15) is 40.5 Å². The minimum atomic E-state index is -1.19. The summed E-state index contributed by atoms with van der Waals surface area (Å²) in [4.78, 5) is 38.7. The third-order valence-electron chi connectivity index (χ3n) is 1.10. The van der Waals surface area contributed by atoms with Gasteiger partial charge in [0.15, 0.2) is 11.9 Å². The van der Waals surface area contributed by atoms with Gasteiger partial charge in [-0.3, -0.25) is 9.59 Å². The van der Waals surface area contributed by atoms with Crippen molar-refractivity contribution in [1.82, 2.24) is 0 Å². The molecule has 0 aliphatic rings. The number of ketones is 2. The van der Waals surface area contributed by atoms with Crippen LogP contribution in [0.3, 0.4) is 0 Å². The monoisotopic (exact) mass is 370 g/mol. The third-order valence-corrected chi connectivity index (χ3v) is 1.10. The minimum Gasteiger partial charge on any atom is -0.503 e. The second-order valence-electron chi connectivity index (χ2n) is 3.63. The van der Waals surface area contributed by atoms with Gasteiger partial charge in [-0.2, -0.15) is 0 Å². The van der Waals surface area contributed by atoms with Crippen molar-refractivity contribution in [3.05, 3.63) is 12.8 Å². The van der Waals surface area contributed by atoms with Gasteiger partial charge in [0, 0.05) is 24.8 Å². The Hall–Kier alpha value is -1.35. The summed E-state index contributed by atoms with van der Waals surface area (Å²) in [5.74, 6) is -3.25. The number of carboxylic acids is 2. The van der Waals surface area contributed by atoms with Crippen molar-refractivity contribution >= 4 is 23.5 Å². The molecule has 8 nitrogen and oxygen atoms in total. The topological polar surface area (TPSA) is 149 Å². The zero-order valence-corrected chi connectivity index (χ0v) is 15.5. The van der Waals surface area contributed by atoms with Crippen molar-refractivity contribution in [2.75, 3.05) is 13.2 Å². The fraction of sp³-hybridized carbons (Fsp3) is 0.571. The maximum Gasteiger partial charge on any atom is 2.00 e. The number of Topliss-reactive ketones (excluding diaryl/α,β-unsaturated/α-hetero) is 2. The molecule has 0 aliphatic heterocycles. The first-order chi connectivity index (χ1) is 10.1. The molecule has 0 aromatic heterocycles. The van der Waals surface area contributed by atoms with E-state index < -0.39 is 23.5 Å². The molecule has 0 aliphatic carbocycles. The molecule has 0 rings (SSSR count). The Bertz CT molecular complexity index is 247. The van der Waals surface area contributed by atoms with Crippen molar-refractivity contribution in [2.45, 2.75) is 40.5 Å². The maximum atomic E-state index is 9.82. The van der Waals surface area contributed by atoms with Crippen molar-refractivity contribution < 1.29 is 61.3 Å². The predicted molar refractivity (Wildman–Crippen MR) is 80.0 cm³/mol. The van der Waals surface area contributed by atoms with Gasteiger partial charge in [0.25, 0.3) is 0 Å². The first-order valence-electron chi connectivity index (χ1n) is 6.47. The smallest absolute Gasteiger partial charge is 0.503 e. The summed E-state index contributed by atoms with van der Waals surface area (Å²) in [7, 11) is 0. The zero-order chi connectivity index (χ0) is 18.6. The van der Waals surface area contributed by atoms with E-state index in [0.29, 0.717) is 26.1 Å². The van der Waals surface area contributed by atoms with Crippen LogP contribution < -0.4 is 0 Å². The summed E-state index contributed by atoms with van der Waals surface area (Å²) in [6.07, 6.45) is 2.97. The Labute approximate surface area is 151 Å². The van der Waals surface area contributed by atoms with Crippen LogP contribution in [0, 0.1) is 12.8 Å². The van der Waals surface area contributed by atoms with Gasteiger partial charge in [0.2, 0.25) is 0 Å². The number of carbonyl (C=O) groups excluding carboxylic acids is 2. The van der Waals surface area contributed by atoms with Crippen LogP contribution in [0.4, 0.5) is 0 Å². The Balaban J connectivity index is -0.0000000639. The van der Waals surface area contributed by atoms with Gasteiger partial charge in [0.1, 0.15) is 0 Å². The quantitative estimate of drug-likeness (QED) is 0.300. The molecule has 0 heterocycles. The van der Waals surface area contributed by atoms with Gasteiger partial charge in [-0.15, -0.1) is 0 Å². The molecule has 134 valence electrons. The molecule has 0 aromatic rings. The average molecular weight is 370 g/mol. The van der Waals surface area contributed by atoms with Crippen LogP contribution in [0.15, 0.2) is 0 Å². The molecule has 0 amide bonds. The van der Waals surface area contributed by atoms with Crippen LogP contribution in [0.2, 0.25) is 0 Å². The average Bonchev–Trinajstić information content (AvgIpc) is 2.36. The van der Waals surface area contributed by atoms with E-state index in [9.17, 15) is 19.2 Å². The van der Waals surface area contributed by atoms with Crippen LogP contribution in [0.5, 0.6) is 0 Å². The van der Waals surface area contributed by atoms with Gasteiger partial charge < -0.3 is 30.0 Å². The number of carbonyl (C=O) groups is 4. The molecular weight excluding hydrogens is 344 g/mol. The maximum absolute atomic E-state index is 9.82. The summed E-state index contributed by atoms with van der Waals surface area (Å²) in [5, 5.41) is 31.4. The molecule has 0 spiro atoms. The van der Waals surface area contributed by atoms with Gasteiger partial charge in [-0.1, -0.05) is 13.8 Å². The first kappa shape index (κ1) is 33.3. The van der Waals surface area contributed by atoms with E-state index in [0.717, 1.165) is 12.8 Å². The fourth-order valence-electron chi connectivity index (χ4n) is 0.348. The van der Waals surface area contributed by atoms with E-state index in [1.807, 2.05) is 13.8 Å². The van der Waals surface area contributed by atoms with Crippen molar-refractivity contribution in [3.63, 3.8) is 0 Å². The van der Waals surface area contributed by atoms with E-state index in [-0.39, 0.29) is 21.7 Å². The summed E-state index contributed by atoms with van der Waals surface area (Å²) in [5.41, 5.74) is 0. The molecule has 0 bridgehead atoms. The number of rotatable bonds is 6. The largest absolute Gasteiger partial charge is 2.00 e.